The molecule has 3 aromatic rings. The largest absolute Gasteiger partial charge is 0.350 e. The van der Waals surface area contributed by atoms with Crippen LogP contribution in [0.4, 0.5) is 4.39 Å². The van der Waals surface area contributed by atoms with Crippen molar-refractivity contribution in [2.75, 3.05) is 13.6 Å². The summed E-state index contributed by atoms with van der Waals surface area (Å²) in [6.07, 6.45) is 0. The first-order valence-electron chi connectivity index (χ1n) is 11.6. The summed E-state index contributed by atoms with van der Waals surface area (Å²) in [6, 6.07) is 16.9. The van der Waals surface area contributed by atoms with Gasteiger partial charge >= 0.3 is 0 Å². The molecule has 192 valence electrons. The van der Waals surface area contributed by atoms with Crippen LogP contribution in [0.5, 0.6) is 0 Å². The van der Waals surface area contributed by atoms with Gasteiger partial charge in [0.1, 0.15) is 11.9 Å². The van der Waals surface area contributed by atoms with Crippen LogP contribution in [0.3, 0.4) is 0 Å². The third kappa shape index (κ3) is 6.67. The van der Waals surface area contributed by atoms with Crippen LogP contribution in [-0.4, -0.2) is 54.6 Å². The van der Waals surface area contributed by atoms with Crippen molar-refractivity contribution < 1.29 is 22.4 Å². The van der Waals surface area contributed by atoms with Crippen molar-refractivity contribution in [2.45, 2.75) is 50.7 Å². The fraction of sp³-hybridized carbons (Fsp3) is 0.333. The van der Waals surface area contributed by atoms with Gasteiger partial charge < -0.3 is 10.2 Å². The van der Waals surface area contributed by atoms with Crippen LogP contribution < -0.4 is 5.32 Å². The number of hydrogen-bond acceptors (Lipinski definition) is 4. The molecule has 3 aromatic carbocycles. The zero-order valence-corrected chi connectivity index (χ0v) is 22.0. The summed E-state index contributed by atoms with van der Waals surface area (Å²) >= 11 is 0. The Bertz CT molecular complexity index is 1350. The molecule has 0 aliphatic carbocycles. The second kappa shape index (κ2) is 10.8. The lowest BCUT2D eigenvalue weighted by Gasteiger charge is -2.32. The predicted octanol–water partition coefficient (Wildman–Crippen LogP) is 3.93. The molecule has 0 heterocycles. The monoisotopic (exact) mass is 513 g/mol. The van der Waals surface area contributed by atoms with Gasteiger partial charge in [0, 0.05) is 19.1 Å². The number of rotatable bonds is 8. The number of likely N-dealkylation sites (N-methyl/N-ethyl adjacent to an activating group) is 1. The van der Waals surface area contributed by atoms with E-state index in [1.807, 2.05) is 45.0 Å². The maximum absolute atomic E-state index is 13.4. The number of amides is 2. The summed E-state index contributed by atoms with van der Waals surface area (Å²) in [5, 5.41) is 4.52. The molecule has 9 heteroatoms. The topological polar surface area (TPSA) is 86.8 Å². The molecule has 2 amide bonds. The van der Waals surface area contributed by atoms with Crippen LogP contribution in [0.25, 0.3) is 10.8 Å². The zero-order chi connectivity index (χ0) is 26.7. The number of carbonyl (C=O) groups is 2. The van der Waals surface area contributed by atoms with Crippen molar-refractivity contribution in [3.63, 3.8) is 0 Å². The van der Waals surface area contributed by atoms with E-state index in [0.717, 1.165) is 15.1 Å². The molecule has 1 unspecified atom stereocenters. The summed E-state index contributed by atoms with van der Waals surface area (Å²) in [5.74, 6) is -1.35. The second-order valence-corrected chi connectivity index (χ2v) is 11.9. The molecule has 1 atom stereocenters. The van der Waals surface area contributed by atoms with E-state index in [9.17, 15) is 22.4 Å². The normalized spacial score (nSPS) is 13.0. The molecule has 0 fully saturated rings. The van der Waals surface area contributed by atoms with E-state index >= 15 is 0 Å². The minimum Gasteiger partial charge on any atom is -0.350 e. The first-order valence-corrected chi connectivity index (χ1v) is 13.0. The Labute approximate surface area is 212 Å². The van der Waals surface area contributed by atoms with E-state index in [0.29, 0.717) is 5.56 Å². The van der Waals surface area contributed by atoms with Crippen LogP contribution in [-0.2, 0) is 26.2 Å². The average Bonchev–Trinajstić information content (AvgIpc) is 2.81. The van der Waals surface area contributed by atoms with Gasteiger partial charge in [-0.05, 0) is 68.3 Å². The lowest BCUT2D eigenvalue weighted by molar-refractivity contribution is -0.141. The molecule has 0 aliphatic heterocycles. The van der Waals surface area contributed by atoms with Gasteiger partial charge in [-0.1, -0.05) is 42.5 Å². The molecule has 0 saturated heterocycles. The Morgan fingerprint density at radius 1 is 0.972 bits per heavy atom. The number of benzene rings is 3. The predicted molar refractivity (Wildman–Crippen MR) is 138 cm³/mol. The van der Waals surface area contributed by atoms with Crippen molar-refractivity contribution >= 4 is 32.6 Å². The smallest absolute Gasteiger partial charge is 0.243 e. The lowest BCUT2D eigenvalue weighted by atomic mass is 10.1. The highest BCUT2D eigenvalue weighted by molar-refractivity contribution is 7.89. The number of nitrogens with one attached hydrogen (secondary N) is 1. The van der Waals surface area contributed by atoms with E-state index in [-0.39, 0.29) is 17.3 Å². The molecule has 0 bridgehead atoms. The Hall–Kier alpha value is -3.30. The van der Waals surface area contributed by atoms with Gasteiger partial charge in [-0.15, -0.1) is 0 Å². The number of sulfonamides is 1. The molecule has 0 saturated carbocycles. The molecule has 7 nitrogen and oxygen atoms in total. The number of hydrogen-bond donors (Lipinski definition) is 1. The average molecular weight is 514 g/mol. The van der Waals surface area contributed by atoms with Gasteiger partial charge in [0.15, 0.2) is 0 Å². The van der Waals surface area contributed by atoms with Crippen molar-refractivity contribution in [1.82, 2.24) is 14.5 Å². The van der Waals surface area contributed by atoms with E-state index in [2.05, 4.69) is 5.32 Å². The van der Waals surface area contributed by atoms with Gasteiger partial charge in [-0.2, -0.15) is 4.31 Å². The van der Waals surface area contributed by atoms with Gasteiger partial charge in [-0.3, -0.25) is 9.59 Å². The van der Waals surface area contributed by atoms with Gasteiger partial charge in [0.25, 0.3) is 0 Å². The molecule has 3 rings (SSSR count). The quantitative estimate of drug-likeness (QED) is 0.495. The van der Waals surface area contributed by atoms with Gasteiger partial charge in [0.2, 0.25) is 21.8 Å². The Balaban J connectivity index is 1.85. The van der Waals surface area contributed by atoms with Gasteiger partial charge in [0.05, 0.1) is 11.4 Å². The Morgan fingerprint density at radius 2 is 1.58 bits per heavy atom. The van der Waals surface area contributed by atoms with Crippen LogP contribution in [0.15, 0.2) is 71.6 Å². The number of carbonyl (C=O) groups excluding carboxylic acids is 2. The molecule has 36 heavy (non-hydrogen) atoms. The fourth-order valence-corrected chi connectivity index (χ4v) is 4.87. The molecule has 0 aromatic heterocycles. The fourth-order valence-electron chi connectivity index (χ4n) is 3.72. The highest BCUT2D eigenvalue weighted by Gasteiger charge is 2.31. The summed E-state index contributed by atoms with van der Waals surface area (Å²) in [6.45, 7) is 6.61. The Kier molecular flexibility index (Phi) is 8.15. The highest BCUT2D eigenvalue weighted by Crippen LogP contribution is 2.22. The van der Waals surface area contributed by atoms with Crippen molar-refractivity contribution in [3.8, 4) is 0 Å². The number of nitrogens with zero attached hydrogens (tertiary/aromatic N) is 2. The van der Waals surface area contributed by atoms with E-state index in [1.54, 1.807) is 19.1 Å². The summed E-state index contributed by atoms with van der Waals surface area (Å²) in [5.41, 5.74) is 0.0896. The maximum Gasteiger partial charge on any atom is 0.243 e. The molecule has 0 radical (unpaired) electrons. The molecular weight excluding hydrogens is 481 g/mol. The van der Waals surface area contributed by atoms with Crippen LogP contribution >= 0.6 is 0 Å². The van der Waals surface area contributed by atoms with Gasteiger partial charge in [-0.25, -0.2) is 12.8 Å². The number of halogens is 1. The third-order valence-corrected chi connectivity index (χ3v) is 7.52. The minimum atomic E-state index is -3.98. The van der Waals surface area contributed by atoms with Crippen LogP contribution in [0.2, 0.25) is 0 Å². The Morgan fingerprint density at radius 3 is 2.19 bits per heavy atom. The maximum atomic E-state index is 13.4. The molecular formula is C27H32FN3O4S. The van der Waals surface area contributed by atoms with Crippen molar-refractivity contribution in [2.24, 2.45) is 0 Å². The van der Waals surface area contributed by atoms with Crippen LogP contribution in [0.1, 0.15) is 33.3 Å². The first-order chi connectivity index (χ1) is 16.8. The van der Waals surface area contributed by atoms with Crippen molar-refractivity contribution in [1.29, 1.82) is 0 Å². The summed E-state index contributed by atoms with van der Waals surface area (Å²) in [7, 11) is -2.64. The van der Waals surface area contributed by atoms with E-state index < -0.39 is 39.9 Å². The first kappa shape index (κ1) is 27.3. The molecule has 1 N–H and O–H groups in total. The third-order valence-electron chi connectivity index (χ3n) is 5.72. The van der Waals surface area contributed by atoms with Crippen molar-refractivity contribution in [3.05, 3.63) is 78.1 Å². The molecule has 0 spiro atoms. The standard InChI is InChI=1S/C27H32FN3O4S/c1-19(26(33)29-27(2,3)4)31(17-20-10-13-23(28)14-11-20)25(32)18-30(5)36(34,35)24-15-12-21-8-6-7-9-22(21)16-24/h6-16,19H,17-18H2,1-5H3,(H,29,33). The van der Waals surface area contributed by atoms with Crippen LogP contribution in [0, 0.1) is 5.82 Å². The zero-order valence-electron chi connectivity index (χ0n) is 21.2. The van der Waals surface area contributed by atoms with E-state index in [4.69, 9.17) is 0 Å². The second-order valence-electron chi connectivity index (χ2n) is 9.83. The summed E-state index contributed by atoms with van der Waals surface area (Å²) in [4.78, 5) is 27.6. The van der Waals surface area contributed by atoms with E-state index in [1.165, 1.54) is 42.3 Å². The summed E-state index contributed by atoms with van der Waals surface area (Å²) < 4.78 is 40.9. The SMILES string of the molecule is CC(C(=O)NC(C)(C)C)N(Cc1ccc(F)cc1)C(=O)CN(C)S(=O)(=O)c1ccc2ccccc2c1. The highest BCUT2D eigenvalue weighted by atomic mass is 32.2. The lowest BCUT2D eigenvalue weighted by Crippen LogP contribution is -2.54. The minimum absolute atomic E-state index is 0.0156. The number of fused-ring (bicyclic) bond motifs is 1. The molecule has 0 aliphatic rings.